The van der Waals surface area contributed by atoms with Crippen LogP contribution in [0.1, 0.15) is 23.7 Å². The van der Waals surface area contributed by atoms with Gasteiger partial charge in [0.1, 0.15) is 11.6 Å². The fourth-order valence-electron chi connectivity index (χ4n) is 3.68. The van der Waals surface area contributed by atoms with Gasteiger partial charge in [-0.1, -0.05) is 6.92 Å². The first-order valence-electron chi connectivity index (χ1n) is 10.2. The van der Waals surface area contributed by atoms with Crippen LogP contribution in [-0.2, 0) is 0 Å². The number of thioether (sulfide) groups is 1. The molecule has 2 aromatic heterocycles. The van der Waals surface area contributed by atoms with Gasteiger partial charge in [-0.15, -0.1) is 0 Å². The zero-order chi connectivity index (χ0) is 23.6. The second-order valence-corrected chi connectivity index (χ2v) is 8.99. The van der Waals surface area contributed by atoms with Gasteiger partial charge >= 0.3 is 5.51 Å². The summed E-state index contributed by atoms with van der Waals surface area (Å²) in [7, 11) is 0. The predicted molar refractivity (Wildman–Crippen MR) is 120 cm³/mol. The Hall–Kier alpha value is -3.14. The molecule has 1 aliphatic rings. The summed E-state index contributed by atoms with van der Waals surface area (Å²) in [6, 6.07) is 8.34. The molecule has 0 spiro atoms. The molecular formula is C23H20F4N4OS. The van der Waals surface area contributed by atoms with Gasteiger partial charge in [-0.2, -0.15) is 13.2 Å². The van der Waals surface area contributed by atoms with E-state index in [0.717, 1.165) is 25.7 Å². The number of nitrogens with one attached hydrogen (secondary N) is 1. The number of pyridine rings is 2. The van der Waals surface area contributed by atoms with E-state index in [1.807, 2.05) is 0 Å². The second-order valence-electron chi connectivity index (χ2n) is 7.85. The van der Waals surface area contributed by atoms with Crippen molar-refractivity contribution in [2.75, 3.05) is 23.3 Å². The summed E-state index contributed by atoms with van der Waals surface area (Å²) >= 11 is -0.225. The first kappa shape index (κ1) is 23.0. The third-order valence-electron chi connectivity index (χ3n) is 5.21. The molecule has 1 aliphatic heterocycles. The summed E-state index contributed by atoms with van der Waals surface area (Å²) in [5, 5.41) is 2.66. The molecule has 3 aromatic rings. The van der Waals surface area contributed by atoms with Crippen molar-refractivity contribution in [3.05, 3.63) is 66.4 Å². The van der Waals surface area contributed by atoms with Crippen LogP contribution in [0.5, 0.6) is 0 Å². The molecule has 0 bridgehead atoms. The molecule has 1 saturated heterocycles. The summed E-state index contributed by atoms with van der Waals surface area (Å²) in [6.45, 7) is 3.75. The lowest BCUT2D eigenvalue weighted by Gasteiger charge is -2.21. The minimum absolute atomic E-state index is 0.0206. The Labute approximate surface area is 192 Å². The molecule has 1 amide bonds. The van der Waals surface area contributed by atoms with E-state index in [1.54, 1.807) is 6.07 Å². The Morgan fingerprint density at radius 2 is 1.91 bits per heavy atom. The number of carbonyl (C=O) groups is 1. The van der Waals surface area contributed by atoms with Gasteiger partial charge in [0.25, 0.3) is 5.91 Å². The van der Waals surface area contributed by atoms with Crippen molar-refractivity contribution >= 4 is 29.2 Å². The number of anilines is 2. The highest BCUT2D eigenvalue weighted by Crippen LogP contribution is 2.37. The van der Waals surface area contributed by atoms with Crippen LogP contribution in [0.4, 0.5) is 29.1 Å². The fraction of sp³-hybridized carbons (Fsp3) is 0.261. The summed E-state index contributed by atoms with van der Waals surface area (Å²) in [4.78, 5) is 23.4. The number of amides is 1. The first-order valence-corrected chi connectivity index (χ1v) is 11.0. The summed E-state index contributed by atoms with van der Waals surface area (Å²) in [6.07, 6.45) is 5.07. The standard InChI is InChI=1S/C23H20F4N4OS/c1-14-6-7-31(13-14)21-20(15-8-17(24)12-28-10-15)9-16(11-29-21)22(32)30-18-2-4-19(5-3-18)33-23(25,26)27/h2-5,8-12,14H,6-7,13H2,1H3,(H,30,32)/t14-/m1/s1. The van der Waals surface area contributed by atoms with Crippen molar-refractivity contribution < 1.29 is 22.4 Å². The van der Waals surface area contributed by atoms with E-state index in [0.29, 0.717) is 28.6 Å². The van der Waals surface area contributed by atoms with E-state index in [4.69, 9.17) is 0 Å². The van der Waals surface area contributed by atoms with Crippen molar-refractivity contribution in [3.63, 3.8) is 0 Å². The van der Waals surface area contributed by atoms with Crippen LogP contribution in [0.25, 0.3) is 11.1 Å². The number of benzene rings is 1. The number of halogens is 4. The average molecular weight is 476 g/mol. The molecule has 4 rings (SSSR count). The predicted octanol–water partition coefficient (Wildman–Crippen LogP) is 5.99. The van der Waals surface area contributed by atoms with Crippen molar-refractivity contribution in [1.29, 1.82) is 0 Å². The topological polar surface area (TPSA) is 58.1 Å². The van der Waals surface area contributed by atoms with Gasteiger partial charge in [-0.3, -0.25) is 9.78 Å². The summed E-state index contributed by atoms with van der Waals surface area (Å²) in [5.74, 6) is 0.161. The molecular weight excluding hydrogens is 456 g/mol. The molecule has 1 fully saturated rings. The number of aromatic nitrogens is 2. The van der Waals surface area contributed by atoms with Gasteiger partial charge in [-0.25, -0.2) is 9.37 Å². The summed E-state index contributed by atoms with van der Waals surface area (Å²) < 4.78 is 51.3. The molecule has 0 unspecified atom stereocenters. The van der Waals surface area contributed by atoms with Crippen molar-refractivity contribution in [1.82, 2.24) is 9.97 Å². The van der Waals surface area contributed by atoms with Gasteiger partial charge in [-0.05, 0) is 60.5 Å². The van der Waals surface area contributed by atoms with E-state index in [-0.39, 0.29) is 22.2 Å². The lowest BCUT2D eigenvalue weighted by atomic mass is 10.1. The normalized spacial score (nSPS) is 16.2. The third-order valence-corrected chi connectivity index (χ3v) is 5.95. The maximum Gasteiger partial charge on any atom is 0.446 e. The highest BCUT2D eigenvalue weighted by molar-refractivity contribution is 8.00. The van der Waals surface area contributed by atoms with Gasteiger partial charge < -0.3 is 10.2 Å². The van der Waals surface area contributed by atoms with Gasteiger partial charge in [0, 0.05) is 47.2 Å². The highest BCUT2D eigenvalue weighted by atomic mass is 32.2. The van der Waals surface area contributed by atoms with Crippen molar-refractivity contribution in [2.24, 2.45) is 5.92 Å². The number of rotatable bonds is 5. The molecule has 0 aliphatic carbocycles. The molecule has 10 heteroatoms. The maximum atomic E-state index is 13.9. The Morgan fingerprint density at radius 1 is 1.15 bits per heavy atom. The first-order chi connectivity index (χ1) is 15.7. The van der Waals surface area contributed by atoms with E-state index in [9.17, 15) is 22.4 Å². The van der Waals surface area contributed by atoms with E-state index >= 15 is 0 Å². The lowest BCUT2D eigenvalue weighted by Crippen LogP contribution is -2.22. The summed E-state index contributed by atoms with van der Waals surface area (Å²) in [5.41, 5.74) is -2.72. The van der Waals surface area contributed by atoms with Crippen LogP contribution in [0.15, 0.2) is 59.9 Å². The molecule has 0 saturated carbocycles. The van der Waals surface area contributed by atoms with Gasteiger partial charge in [0.15, 0.2) is 0 Å². The maximum absolute atomic E-state index is 13.9. The molecule has 5 nitrogen and oxygen atoms in total. The Bertz CT molecular complexity index is 1150. The molecule has 3 heterocycles. The van der Waals surface area contributed by atoms with Crippen molar-refractivity contribution in [3.8, 4) is 11.1 Å². The average Bonchev–Trinajstić information content (AvgIpc) is 3.20. The molecule has 1 aromatic carbocycles. The van der Waals surface area contributed by atoms with Crippen LogP contribution in [-0.4, -0.2) is 34.5 Å². The largest absolute Gasteiger partial charge is 0.446 e. The van der Waals surface area contributed by atoms with Crippen LogP contribution in [0.2, 0.25) is 0 Å². The number of alkyl halides is 3. The highest BCUT2D eigenvalue weighted by Gasteiger charge is 2.29. The monoisotopic (exact) mass is 476 g/mol. The molecule has 1 atom stereocenters. The van der Waals surface area contributed by atoms with Crippen LogP contribution >= 0.6 is 11.8 Å². The smallest absolute Gasteiger partial charge is 0.356 e. The minimum atomic E-state index is -4.38. The Morgan fingerprint density at radius 3 is 2.55 bits per heavy atom. The van der Waals surface area contributed by atoms with Crippen molar-refractivity contribution in [2.45, 2.75) is 23.7 Å². The fourth-order valence-corrected chi connectivity index (χ4v) is 4.22. The quantitative estimate of drug-likeness (QED) is 0.362. The molecule has 1 N–H and O–H groups in total. The number of nitrogens with zero attached hydrogens (tertiary/aromatic N) is 3. The Balaban J connectivity index is 1.60. The van der Waals surface area contributed by atoms with Crippen LogP contribution in [0, 0.1) is 11.7 Å². The Kier molecular flexibility index (Phi) is 6.55. The third kappa shape index (κ3) is 5.81. The number of hydrogen-bond acceptors (Lipinski definition) is 5. The van der Waals surface area contributed by atoms with E-state index in [1.165, 1.54) is 42.7 Å². The second kappa shape index (κ2) is 9.38. The van der Waals surface area contributed by atoms with Crippen LogP contribution in [0.3, 0.4) is 0 Å². The SMILES string of the molecule is C[C@@H]1CCN(c2ncc(C(=O)Nc3ccc(SC(F)(F)F)cc3)cc2-c2cncc(F)c2)C1. The van der Waals surface area contributed by atoms with Crippen LogP contribution < -0.4 is 10.2 Å². The van der Waals surface area contributed by atoms with E-state index in [2.05, 4.69) is 27.1 Å². The molecule has 172 valence electrons. The minimum Gasteiger partial charge on any atom is -0.356 e. The number of hydrogen-bond donors (Lipinski definition) is 1. The molecule has 33 heavy (non-hydrogen) atoms. The number of carbonyl (C=O) groups excluding carboxylic acids is 1. The van der Waals surface area contributed by atoms with E-state index < -0.39 is 17.2 Å². The van der Waals surface area contributed by atoms with Gasteiger partial charge in [0.05, 0.1) is 11.8 Å². The lowest BCUT2D eigenvalue weighted by molar-refractivity contribution is -0.0328. The molecule has 0 radical (unpaired) electrons. The van der Waals surface area contributed by atoms with Gasteiger partial charge in [0.2, 0.25) is 0 Å². The zero-order valence-corrected chi connectivity index (χ0v) is 18.4. The zero-order valence-electron chi connectivity index (χ0n) is 17.6.